The molecule has 0 radical (unpaired) electrons. The third kappa shape index (κ3) is 5.62. The van der Waals surface area contributed by atoms with E-state index in [1.807, 2.05) is 59.3 Å². The Hall–Kier alpha value is -3.58. The molecule has 0 aliphatic heterocycles. The molecule has 2 N–H and O–H groups in total. The summed E-state index contributed by atoms with van der Waals surface area (Å²) < 4.78 is 40.8. The van der Waals surface area contributed by atoms with Gasteiger partial charge in [-0.05, 0) is 40.5 Å². The number of aromatic nitrogens is 1. The first kappa shape index (κ1) is 22.6. The molecule has 1 aromatic heterocycles. The van der Waals surface area contributed by atoms with Crippen LogP contribution >= 0.6 is 0 Å². The van der Waals surface area contributed by atoms with E-state index in [0.717, 1.165) is 39.7 Å². The van der Waals surface area contributed by atoms with Crippen LogP contribution < -0.4 is 5.32 Å². The van der Waals surface area contributed by atoms with Gasteiger partial charge in [0.05, 0.1) is 12.0 Å². The quantitative estimate of drug-likeness (QED) is 0.365. The highest BCUT2D eigenvalue weighted by molar-refractivity contribution is 5.88. The average molecular weight is 452 g/mol. The number of hydrogen-bond donors (Lipinski definition) is 2. The number of hydrogen-bond acceptors (Lipinski definition) is 2. The van der Waals surface area contributed by atoms with Gasteiger partial charge in [-0.25, -0.2) is 0 Å². The molecule has 0 bridgehead atoms. The third-order valence-electron chi connectivity index (χ3n) is 5.48. The molecule has 3 aromatic carbocycles. The predicted molar refractivity (Wildman–Crippen MR) is 121 cm³/mol. The predicted octanol–water partition coefficient (Wildman–Crippen LogP) is 5.63. The first-order chi connectivity index (χ1) is 15.8. The molecule has 7 heteroatoms. The maximum Gasteiger partial charge on any atom is 0.416 e. The van der Waals surface area contributed by atoms with Crippen molar-refractivity contribution in [2.45, 2.75) is 32.2 Å². The van der Waals surface area contributed by atoms with E-state index in [0.29, 0.717) is 25.2 Å². The fraction of sp³-hybridized carbons (Fsp3) is 0.192. The van der Waals surface area contributed by atoms with Gasteiger partial charge in [0.25, 0.3) is 0 Å². The summed E-state index contributed by atoms with van der Waals surface area (Å²) in [5.74, 6) is -0.901. The molecule has 0 atom stereocenters. The van der Waals surface area contributed by atoms with Crippen molar-refractivity contribution in [2.24, 2.45) is 0 Å². The number of benzene rings is 3. The molecule has 1 heterocycles. The van der Waals surface area contributed by atoms with Crippen LogP contribution in [0, 0.1) is 0 Å². The molecule has 0 saturated carbocycles. The summed E-state index contributed by atoms with van der Waals surface area (Å²) in [5, 5.41) is 13.4. The van der Waals surface area contributed by atoms with Crippen LogP contribution in [-0.2, 0) is 37.0 Å². The summed E-state index contributed by atoms with van der Waals surface area (Å²) in [6, 6.07) is 21.1. The van der Waals surface area contributed by atoms with Crippen molar-refractivity contribution in [3.8, 4) is 0 Å². The average Bonchev–Trinajstić information content (AvgIpc) is 3.10. The summed E-state index contributed by atoms with van der Waals surface area (Å²) in [5.41, 5.74) is 3.60. The molecule has 0 amide bonds. The zero-order chi connectivity index (χ0) is 23.4. The second kappa shape index (κ2) is 9.50. The summed E-state index contributed by atoms with van der Waals surface area (Å²) >= 11 is 0. The Morgan fingerprint density at radius 3 is 2.27 bits per heavy atom. The lowest BCUT2D eigenvalue weighted by atomic mass is 10.1. The highest BCUT2D eigenvalue weighted by Crippen LogP contribution is 2.29. The van der Waals surface area contributed by atoms with Gasteiger partial charge in [-0.2, -0.15) is 13.2 Å². The van der Waals surface area contributed by atoms with E-state index in [9.17, 15) is 23.1 Å². The van der Waals surface area contributed by atoms with Crippen molar-refractivity contribution in [1.82, 2.24) is 9.88 Å². The Bertz CT molecular complexity index is 1260. The number of alkyl halides is 3. The number of nitrogens with one attached hydrogen (secondary N) is 1. The van der Waals surface area contributed by atoms with Crippen molar-refractivity contribution >= 4 is 16.9 Å². The Morgan fingerprint density at radius 1 is 0.879 bits per heavy atom. The Labute approximate surface area is 189 Å². The molecule has 4 nitrogen and oxygen atoms in total. The number of nitrogens with zero attached hydrogens (tertiary/aromatic N) is 1. The van der Waals surface area contributed by atoms with Gasteiger partial charge in [0, 0.05) is 36.7 Å². The smallest absolute Gasteiger partial charge is 0.416 e. The summed E-state index contributed by atoms with van der Waals surface area (Å²) in [4.78, 5) is 11.4. The lowest BCUT2D eigenvalue weighted by molar-refractivity contribution is -0.138. The molecule has 0 spiro atoms. The van der Waals surface area contributed by atoms with Gasteiger partial charge < -0.3 is 15.0 Å². The van der Waals surface area contributed by atoms with E-state index >= 15 is 0 Å². The second-order valence-corrected chi connectivity index (χ2v) is 7.99. The largest absolute Gasteiger partial charge is 0.481 e. The topological polar surface area (TPSA) is 54.3 Å². The van der Waals surface area contributed by atoms with Crippen LogP contribution in [0.25, 0.3) is 10.9 Å². The number of aliphatic carboxylic acids is 1. The lowest BCUT2D eigenvalue weighted by Gasteiger charge is -2.10. The van der Waals surface area contributed by atoms with Crippen molar-refractivity contribution < 1.29 is 23.1 Å². The van der Waals surface area contributed by atoms with E-state index in [1.165, 1.54) is 6.07 Å². The van der Waals surface area contributed by atoms with Crippen molar-refractivity contribution in [3.63, 3.8) is 0 Å². The van der Waals surface area contributed by atoms with Crippen LogP contribution in [0.2, 0.25) is 0 Å². The lowest BCUT2D eigenvalue weighted by Crippen LogP contribution is -2.13. The van der Waals surface area contributed by atoms with Gasteiger partial charge >= 0.3 is 12.1 Å². The maximum atomic E-state index is 12.9. The van der Waals surface area contributed by atoms with Crippen LogP contribution in [0.4, 0.5) is 13.2 Å². The zero-order valence-electron chi connectivity index (χ0n) is 17.8. The molecule has 0 unspecified atom stereocenters. The molecule has 0 aliphatic rings. The standard InChI is InChI=1S/C26H23F3N2O2/c27-26(28,29)22-8-4-7-19(11-22)14-30-15-20-9-10-24-23(12-20)21(13-25(32)33)17-31(24)16-18-5-2-1-3-6-18/h1-12,17,30H,13-16H2,(H,32,33). The first-order valence-electron chi connectivity index (χ1n) is 10.5. The van der Waals surface area contributed by atoms with E-state index in [-0.39, 0.29) is 6.42 Å². The van der Waals surface area contributed by atoms with E-state index in [1.54, 1.807) is 6.07 Å². The SMILES string of the molecule is O=C(O)Cc1cn(Cc2ccccc2)c2ccc(CNCc3cccc(C(F)(F)F)c3)cc12. The van der Waals surface area contributed by atoms with Gasteiger partial charge in [0.2, 0.25) is 0 Å². The van der Waals surface area contributed by atoms with Crippen LogP contribution in [0.15, 0.2) is 79.0 Å². The number of carboxylic acid groups (broad SMARTS) is 1. The highest BCUT2D eigenvalue weighted by Gasteiger charge is 2.30. The maximum absolute atomic E-state index is 12.9. The van der Waals surface area contributed by atoms with Crippen LogP contribution in [0.1, 0.15) is 27.8 Å². The molecule has 0 saturated heterocycles. The number of carboxylic acids is 1. The third-order valence-corrected chi connectivity index (χ3v) is 5.48. The molecule has 4 aromatic rings. The molecule has 170 valence electrons. The Balaban J connectivity index is 1.52. The molecular weight excluding hydrogens is 429 g/mol. The van der Waals surface area contributed by atoms with Crippen LogP contribution in [0.5, 0.6) is 0 Å². The minimum absolute atomic E-state index is 0.0839. The highest BCUT2D eigenvalue weighted by atomic mass is 19.4. The molecule has 4 rings (SSSR count). The van der Waals surface area contributed by atoms with Crippen LogP contribution in [-0.4, -0.2) is 15.6 Å². The van der Waals surface area contributed by atoms with Gasteiger partial charge in [-0.15, -0.1) is 0 Å². The van der Waals surface area contributed by atoms with Crippen molar-refractivity contribution in [1.29, 1.82) is 0 Å². The second-order valence-electron chi connectivity index (χ2n) is 7.99. The summed E-state index contributed by atoms with van der Waals surface area (Å²) in [6.07, 6.45) is -2.57. The number of carbonyl (C=O) groups is 1. The fourth-order valence-electron chi connectivity index (χ4n) is 3.95. The van der Waals surface area contributed by atoms with Crippen LogP contribution in [0.3, 0.4) is 0 Å². The van der Waals surface area contributed by atoms with Crippen molar-refractivity contribution in [3.05, 3.63) is 107 Å². The zero-order valence-corrected chi connectivity index (χ0v) is 17.8. The molecule has 33 heavy (non-hydrogen) atoms. The van der Waals surface area contributed by atoms with Gasteiger partial charge in [-0.1, -0.05) is 54.6 Å². The van der Waals surface area contributed by atoms with Gasteiger partial charge in [0.1, 0.15) is 0 Å². The minimum Gasteiger partial charge on any atom is -0.481 e. The summed E-state index contributed by atoms with van der Waals surface area (Å²) in [7, 11) is 0. The van der Waals surface area contributed by atoms with Crippen molar-refractivity contribution in [2.75, 3.05) is 0 Å². The first-order valence-corrected chi connectivity index (χ1v) is 10.5. The normalized spacial score (nSPS) is 11.7. The van der Waals surface area contributed by atoms with Gasteiger partial charge in [0.15, 0.2) is 0 Å². The fourth-order valence-corrected chi connectivity index (χ4v) is 3.95. The molecule has 0 aliphatic carbocycles. The number of fused-ring (bicyclic) bond motifs is 1. The van der Waals surface area contributed by atoms with E-state index in [4.69, 9.17) is 0 Å². The monoisotopic (exact) mass is 452 g/mol. The Morgan fingerprint density at radius 2 is 1.58 bits per heavy atom. The molecular formula is C26H23F3N2O2. The van der Waals surface area contributed by atoms with E-state index < -0.39 is 17.7 Å². The van der Waals surface area contributed by atoms with Gasteiger partial charge in [-0.3, -0.25) is 4.79 Å². The number of halogens is 3. The Kier molecular flexibility index (Phi) is 6.51. The molecule has 0 fully saturated rings. The number of rotatable bonds is 8. The summed E-state index contributed by atoms with van der Waals surface area (Å²) in [6.45, 7) is 1.37. The van der Waals surface area contributed by atoms with E-state index in [2.05, 4.69) is 5.32 Å². The minimum atomic E-state index is -4.37.